The summed E-state index contributed by atoms with van der Waals surface area (Å²) in [6.07, 6.45) is 4.31. The van der Waals surface area contributed by atoms with Crippen molar-refractivity contribution in [2.24, 2.45) is 5.92 Å². The quantitative estimate of drug-likeness (QED) is 0.934. The molecule has 1 aromatic heterocycles. The van der Waals surface area contributed by atoms with E-state index in [9.17, 15) is 4.79 Å². The highest BCUT2D eigenvalue weighted by atomic mass is 16.5. The summed E-state index contributed by atoms with van der Waals surface area (Å²) in [6, 6.07) is 10.9. The van der Waals surface area contributed by atoms with Gasteiger partial charge in [-0.05, 0) is 50.1 Å². The summed E-state index contributed by atoms with van der Waals surface area (Å²) in [5.74, 6) is 1.40. The van der Waals surface area contributed by atoms with Crippen molar-refractivity contribution in [1.29, 1.82) is 0 Å². The molecule has 5 nitrogen and oxygen atoms in total. The van der Waals surface area contributed by atoms with Crippen LogP contribution in [0.25, 0.3) is 0 Å². The number of carbonyl (C=O) groups excluding carboxylic acids is 1. The highest BCUT2D eigenvalue weighted by molar-refractivity contribution is 5.92. The number of rotatable bonds is 4. The number of nitrogens with one attached hydrogen (secondary N) is 1. The van der Waals surface area contributed by atoms with Crippen LogP contribution in [0.1, 0.15) is 31.4 Å². The molecule has 0 radical (unpaired) electrons. The molecule has 1 heterocycles. The van der Waals surface area contributed by atoms with Crippen LogP contribution in [0.5, 0.6) is 11.6 Å². The van der Waals surface area contributed by atoms with Crippen LogP contribution in [0.4, 0.5) is 5.69 Å². The zero-order valence-electron chi connectivity index (χ0n) is 12.6. The van der Waals surface area contributed by atoms with Gasteiger partial charge in [0.25, 0.3) is 0 Å². The number of hydrogen-bond acceptors (Lipinski definition) is 4. The average molecular weight is 297 g/mol. The van der Waals surface area contributed by atoms with Crippen molar-refractivity contribution in [3.63, 3.8) is 0 Å². The molecule has 2 aromatic rings. The first-order valence-corrected chi connectivity index (χ1v) is 7.60. The van der Waals surface area contributed by atoms with Crippen molar-refractivity contribution < 1.29 is 9.53 Å². The third kappa shape index (κ3) is 3.61. The third-order valence-electron chi connectivity index (χ3n) is 3.84. The summed E-state index contributed by atoms with van der Waals surface area (Å²) in [5.41, 5.74) is 1.64. The van der Waals surface area contributed by atoms with Crippen molar-refractivity contribution in [2.75, 3.05) is 5.32 Å². The van der Waals surface area contributed by atoms with Gasteiger partial charge in [-0.25, -0.2) is 0 Å². The van der Waals surface area contributed by atoms with Gasteiger partial charge in [-0.3, -0.25) is 4.79 Å². The first-order valence-electron chi connectivity index (χ1n) is 7.60. The van der Waals surface area contributed by atoms with E-state index in [0.29, 0.717) is 11.6 Å². The molecule has 114 valence electrons. The van der Waals surface area contributed by atoms with Crippen LogP contribution in [0.15, 0.2) is 36.4 Å². The van der Waals surface area contributed by atoms with Crippen LogP contribution < -0.4 is 10.1 Å². The number of aromatic nitrogens is 2. The maximum Gasteiger partial charge on any atom is 0.238 e. The molecule has 1 aromatic carbocycles. The van der Waals surface area contributed by atoms with E-state index in [2.05, 4.69) is 15.5 Å². The summed E-state index contributed by atoms with van der Waals surface area (Å²) in [5, 5.41) is 10.9. The van der Waals surface area contributed by atoms with Gasteiger partial charge in [0.2, 0.25) is 11.8 Å². The van der Waals surface area contributed by atoms with E-state index in [1.807, 2.05) is 37.3 Å². The van der Waals surface area contributed by atoms with Crippen molar-refractivity contribution >= 4 is 11.6 Å². The molecule has 3 rings (SSSR count). The second-order valence-electron chi connectivity index (χ2n) is 5.61. The highest BCUT2D eigenvalue weighted by Crippen LogP contribution is 2.27. The Kier molecular flexibility index (Phi) is 4.32. The Labute approximate surface area is 129 Å². The van der Waals surface area contributed by atoms with Gasteiger partial charge in [0.1, 0.15) is 5.75 Å². The van der Waals surface area contributed by atoms with Crippen molar-refractivity contribution in [3.8, 4) is 11.6 Å². The zero-order chi connectivity index (χ0) is 15.4. The lowest BCUT2D eigenvalue weighted by molar-refractivity contribution is -0.119. The molecule has 1 N–H and O–H groups in total. The molecule has 1 aliphatic carbocycles. The minimum Gasteiger partial charge on any atom is -0.438 e. The molecule has 0 aliphatic heterocycles. The van der Waals surface area contributed by atoms with Crippen LogP contribution >= 0.6 is 0 Å². The van der Waals surface area contributed by atoms with Crippen LogP contribution in [-0.2, 0) is 4.79 Å². The molecule has 1 fully saturated rings. The Morgan fingerprint density at radius 2 is 1.82 bits per heavy atom. The van der Waals surface area contributed by atoms with E-state index >= 15 is 0 Å². The zero-order valence-corrected chi connectivity index (χ0v) is 12.6. The molecule has 1 saturated carbocycles. The van der Waals surface area contributed by atoms with Crippen LogP contribution in [0.2, 0.25) is 0 Å². The largest absolute Gasteiger partial charge is 0.438 e. The molecule has 22 heavy (non-hydrogen) atoms. The fraction of sp³-hybridized carbons (Fsp3) is 0.353. The monoisotopic (exact) mass is 297 g/mol. The predicted molar refractivity (Wildman–Crippen MR) is 83.9 cm³/mol. The van der Waals surface area contributed by atoms with Crippen molar-refractivity contribution in [3.05, 3.63) is 42.1 Å². The predicted octanol–water partition coefficient (Wildman–Crippen LogP) is 3.71. The smallest absolute Gasteiger partial charge is 0.238 e. The highest BCUT2D eigenvalue weighted by Gasteiger charge is 2.22. The Bertz CT molecular complexity index is 632. The lowest BCUT2D eigenvalue weighted by atomic mass is 10.1. The average Bonchev–Trinajstić information content (AvgIpc) is 3.06. The number of anilines is 1. The lowest BCUT2D eigenvalue weighted by Gasteiger charge is -2.11. The maximum atomic E-state index is 12.1. The molecule has 0 unspecified atom stereocenters. The van der Waals surface area contributed by atoms with Crippen molar-refractivity contribution in [1.82, 2.24) is 10.2 Å². The fourth-order valence-corrected chi connectivity index (χ4v) is 2.60. The topological polar surface area (TPSA) is 64.1 Å². The normalized spacial score (nSPS) is 14.8. The Morgan fingerprint density at radius 3 is 2.45 bits per heavy atom. The second kappa shape index (κ2) is 6.56. The molecular formula is C17H19N3O2. The van der Waals surface area contributed by atoms with E-state index in [4.69, 9.17) is 4.74 Å². The SMILES string of the molecule is Cc1ccc(Oc2ccc(NC(=O)C3CCCC3)cc2)nn1. The molecular weight excluding hydrogens is 278 g/mol. The molecule has 0 spiro atoms. The van der Waals surface area contributed by atoms with E-state index in [1.165, 1.54) is 0 Å². The maximum absolute atomic E-state index is 12.1. The van der Waals surface area contributed by atoms with Gasteiger partial charge in [-0.2, -0.15) is 5.10 Å². The number of amides is 1. The van der Waals surface area contributed by atoms with Crippen LogP contribution in [-0.4, -0.2) is 16.1 Å². The number of aryl methyl sites for hydroxylation is 1. The third-order valence-corrected chi connectivity index (χ3v) is 3.84. The molecule has 0 bridgehead atoms. The van der Waals surface area contributed by atoms with E-state index in [-0.39, 0.29) is 11.8 Å². The standard InChI is InChI=1S/C17H19N3O2/c1-12-6-11-16(20-19-12)22-15-9-7-14(8-10-15)18-17(21)13-4-2-3-5-13/h6-11,13H,2-5H2,1H3,(H,18,21). The summed E-state index contributed by atoms with van der Waals surface area (Å²) in [6.45, 7) is 1.87. The van der Waals surface area contributed by atoms with Gasteiger partial charge in [0.05, 0.1) is 5.69 Å². The van der Waals surface area contributed by atoms with Gasteiger partial charge in [0.15, 0.2) is 0 Å². The number of ether oxygens (including phenoxy) is 1. The van der Waals surface area contributed by atoms with Gasteiger partial charge in [-0.15, -0.1) is 5.10 Å². The van der Waals surface area contributed by atoms with Gasteiger partial charge >= 0.3 is 0 Å². The Morgan fingerprint density at radius 1 is 1.09 bits per heavy atom. The van der Waals surface area contributed by atoms with E-state index in [0.717, 1.165) is 37.1 Å². The minimum absolute atomic E-state index is 0.121. The molecule has 5 heteroatoms. The van der Waals surface area contributed by atoms with Gasteiger partial charge in [0, 0.05) is 17.7 Å². The summed E-state index contributed by atoms with van der Waals surface area (Å²) in [4.78, 5) is 12.1. The number of benzene rings is 1. The molecule has 1 amide bonds. The Balaban J connectivity index is 1.60. The first-order chi connectivity index (χ1) is 10.7. The summed E-state index contributed by atoms with van der Waals surface area (Å²) >= 11 is 0. The fourth-order valence-electron chi connectivity index (χ4n) is 2.60. The molecule has 0 saturated heterocycles. The minimum atomic E-state index is 0.121. The van der Waals surface area contributed by atoms with E-state index < -0.39 is 0 Å². The first kappa shape index (κ1) is 14.5. The molecule has 0 atom stereocenters. The van der Waals surface area contributed by atoms with Crippen molar-refractivity contribution in [2.45, 2.75) is 32.6 Å². The number of nitrogens with zero attached hydrogens (tertiary/aromatic N) is 2. The Hall–Kier alpha value is -2.43. The summed E-state index contributed by atoms with van der Waals surface area (Å²) in [7, 11) is 0. The van der Waals surface area contributed by atoms with E-state index in [1.54, 1.807) is 6.07 Å². The van der Waals surface area contributed by atoms with Gasteiger partial charge < -0.3 is 10.1 Å². The second-order valence-corrected chi connectivity index (χ2v) is 5.61. The van der Waals surface area contributed by atoms with Crippen LogP contribution in [0, 0.1) is 12.8 Å². The summed E-state index contributed by atoms with van der Waals surface area (Å²) < 4.78 is 5.61. The lowest BCUT2D eigenvalue weighted by Crippen LogP contribution is -2.20. The number of hydrogen-bond donors (Lipinski definition) is 1. The number of carbonyl (C=O) groups is 1. The van der Waals surface area contributed by atoms with Gasteiger partial charge in [-0.1, -0.05) is 12.8 Å². The van der Waals surface area contributed by atoms with Crippen LogP contribution in [0.3, 0.4) is 0 Å². The molecule has 1 aliphatic rings.